The highest BCUT2D eigenvalue weighted by Crippen LogP contribution is 2.37. The fraction of sp³-hybridized carbons (Fsp3) is 0.550. The van der Waals surface area contributed by atoms with E-state index in [1.165, 1.54) is 4.90 Å². The quantitative estimate of drug-likeness (QED) is 0.647. The molecule has 2 saturated heterocycles. The van der Waals surface area contributed by atoms with Crippen molar-refractivity contribution in [1.29, 1.82) is 5.26 Å². The number of likely N-dealkylation sites (N-methyl/N-ethyl adjacent to an activating group) is 1. The zero-order valence-electron chi connectivity index (χ0n) is 17.2. The topological polar surface area (TPSA) is 128 Å². The van der Waals surface area contributed by atoms with Crippen LogP contribution in [0.1, 0.15) is 25.0 Å². The molecule has 2 aliphatic rings. The number of piperazine rings is 1. The molecule has 4 rings (SSSR count). The Hall–Kier alpha value is -2.55. The van der Waals surface area contributed by atoms with E-state index in [9.17, 15) is 15.2 Å². The molecule has 0 aromatic carbocycles. The molecule has 10 nitrogen and oxygen atoms in total. The lowest BCUT2D eigenvalue weighted by molar-refractivity contribution is 0.0544. The molecule has 2 atom stereocenters. The van der Waals surface area contributed by atoms with Crippen molar-refractivity contribution in [2.24, 2.45) is 0 Å². The Balaban J connectivity index is 1.82. The van der Waals surface area contributed by atoms with E-state index >= 15 is 0 Å². The molecule has 2 aromatic heterocycles. The number of nitriles is 1. The molecule has 2 aliphatic heterocycles. The van der Waals surface area contributed by atoms with Gasteiger partial charge in [0.2, 0.25) is 0 Å². The minimum Gasteiger partial charge on any atom is -0.465 e. The molecule has 0 spiro atoms. The van der Waals surface area contributed by atoms with Crippen molar-refractivity contribution in [2.45, 2.75) is 30.8 Å². The molecule has 0 aliphatic carbocycles. The number of hydrogen-bond acceptors (Lipinski definition) is 8. The third-order valence-electron chi connectivity index (χ3n) is 6.05. The molecule has 11 heteroatoms. The summed E-state index contributed by atoms with van der Waals surface area (Å²) in [5.41, 5.74) is 0.181. The molecule has 0 radical (unpaired) electrons. The normalized spacial score (nSPS) is 24.3. The van der Waals surface area contributed by atoms with Crippen molar-refractivity contribution in [3.8, 4) is 12.1 Å². The summed E-state index contributed by atoms with van der Waals surface area (Å²) in [6.45, 7) is 2.46. The summed E-state index contributed by atoms with van der Waals surface area (Å²) >= 11 is 3.42. The Kier molecular flexibility index (Phi) is 6.22. The fourth-order valence-electron chi connectivity index (χ4n) is 4.38. The molecule has 164 valence electrons. The number of nitrogens with one attached hydrogen (secondary N) is 1. The number of nitrogens with zero attached hydrogens (tertiary/aromatic N) is 6. The van der Waals surface area contributed by atoms with Crippen LogP contribution in [0, 0.1) is 11.3 Å². The number of rotatable bonds is 5. The zero-order chi connectivity index (χ0) is 22.0. The maximum absolute atomic E-state index is 12.1. The van der Waals surface area contributed by atoms with E-state index in [0.717, 1.165) is 23.9 Å². The number of aromatic nitrogens is 3. The van der Waals surface area contributed by atoms with Crippen LogP contribution in [0.25, 0.3) is 11.0 Å². The third kappa shape index (κ3) is 4.15. The maximum Gasteiger partial charge on any atom is 0.408 e. The van der Waals surface area contributed by atoms with Crippen LogP contribution < -0.4 is 10.1 Å². The molecule has 2 fully saturated rings. The molecule has 1 amide bonds. The molecule has 0 saturated carbocycles. The highest BCUT2D eigenvalue weighted by atomic mass is 79.9. The molecular formula is C20H24BrN7O3. The molecule has 2 aromatic rings. The minimum atomic E-state index is -1.19. The summed E-state index contributed by atoms with van der Waals surface area (Å²) in [7, 11) is 2.06. The Bertz CT molecular complexity index is 1030. The average molecular weight is 490 g/mol. The Labute approximate surface area is 188 Å². The Morgan fingerprint density at radius 2 is 2.32 bits per heavy atom. The van der Waals surface area contributed by atoms with Crippen molar-refractivity contribution in [3.63, 3.8) is 0 Å². The number of pyridine rings is 1. The van der Waals surface area contributed by atoms with Crippen LogP contribution >= 0.6 is 15.9 Å². The van der Waals surface area contributed by atoms with E-state index in [0.29, 0.717) is 29.9 Å². The van der Waals surface area contributed by atoms with Crippen molar-refractivity contribution in [1.82, 2.24) is 30.1 Å². The predicted molar refractivity (Wildman–Crippen MR) is 116 cm³/mol. The summed E-state index contributed by atoms with van der Waals surface area (Å²) in [6, 6.07) is 4.39. The molecule has 2 N–H and O–H groups in total. The van der Waals surface area contributed by atoms with E-state index < -0.39 is 11.6 Å². The molecule has 31 heavy (non-hydrogen) atoms. The number of carboxylic acid groups (broad SMARTS) is 1. The number of carbonyl (C=O) groups is 1. The lowest BCUT2D eigenvalue weighted by Gasteiger charge is -2.44. The minimum absolute atomic E-state index is 0.0685. The average Bonchev–Trinajstić information content (AvgIpc) is 3.16. The van der Waals surface area contributed by atoms with Gasteiger partial charge in [0, 0.05) is 36.3 Å². The summed E-state index contributed by atoms with van der Waals surface area (Å²) in [4.78, 5) is 29.3. The van der Waals surface area contributed by atoms with Crippen LogP contribution in [0.15, 0.2) is 16.7 Å². The number of fused-ring (bicyclic) bond motifs is 1. The summed E-state index contributed by atoms with van der Waals surface area (Å²) in [5, 5.41) is 22.7. The zero-order valence-corrected chi connectivity index (χ0v) is 18.8. The van der Waals surface area contributed by atoms with Gasteiger partial charge in [-0.15, -0.1) is 0 Å². The standard InChI is InChI=1S/C20H24BrN7O3/c1-27-7-2-3-14(27)11-31-18-25-15-9-13(21)10-24-16(15)17(26-18)20(4-5-22)12-23-6-8-28(20)19(29)30/h9-10,14,23H,2-4,6-8,11-12H2,1H3,(H,29,30)/t14-,20?/m0/s1. The predicted octanol–water partition coefficient (Wildman–Crippen LogP) is 1.95. The van der Waals surface area contributed by atoms with Gasteiger partial charge >= 0.3 is 12.1 Å². The Morgan fingerprint density at radius 3 is 3.03 bits per heavy atom. The van der Waals surface area contributed by atoms with Crippen LogP contribution in [0.3, 0.4) is 0 Å². The lowest BCUT2D eigenvalue weighted by Crippen LogP contribution is -2.61. The van der Waals surface area contributed by atoms with Gasteiger partial charge in [-0.1, -0.05) is 0 Å². The first-order valence-corrected chi connectivity index (χ1v) is 11.0. The van der Waals surface area contributed by atoms with Gasteiger partial charge in [0.25, 0.3) is 0 Å². The van der Waals surface area contributed by atoms with Crippen LogP contribution in [-0.2, 0) is 5.54 Å². The number of likely N-dealkylation sites (tertiary alicyclic amines) is 1. The monoisotopic (exact) mass is 489 g/mol. The SMILES string of the molecule is CN1CCC[C@H]1COc1nc(C2(CC#N)CNCCN2C(=O)O)c2ncc(Br)cc2n1. The van der Waals surface area contributed by atoms with E-state index in [1.807, 2.05) is 0 Å². The van der Waals surface area contributed by atoms with Gasteiger partial charge in [0.1, 0.15) is 23.4 Å². The van der Waals surface area contributed by atoms with E-state index in [2.05, 4.69) is 54.2 Å². The van der Waals surface area contributed by atoms with Gasteiger partial charge in [-0.05, 0) is 48.4 Å². The third-order valence-corrected chi connectivity index (χ3v) is 6.48. The van der Waals surface area contributed by atoms with E-state index in [1.54, 1.807) is 12.3 Å². The molecule has 4 heterocycles. The van der Waals surface area contributed by atoms with Crippen molar-refractivity contribution < 1.29 is 14.6 Å². The fourth-order valence-corrected chi connectivity index (χ4v) is 4.70. The van der Waals surface area contributed by atoms with Crippen LogP contribution in [0.4, 0.5) is 4.79 Å². The van der Waals surface area contributed by atoms with Crippen LogP contribution in [0.5, 0.6) is 6.01 Å². The highest BCUT2D eigenvalue weighted by Gasteiger charge is 2.46. The number of ether oxygens (including phenoxy) is 1. The van der Waals surface area contributed by atoms with Crippen LogP contribution in [-0.4, -0.2) is 81.8 Å². The molecular weight excluding hydrogens is 466 g/mol. The summed E-state index contributed by atoms with van der Waals surface area (Å²) in [6.07, 6.45) is 2.61. The summed E-state index contributed by atoms with van der Waals surface area (Å²) < 4.78 is 6.72. The van der Waals surface area contributed by atoms with Gasteiger partial charge < -0.3 is 20.1 Å². The second-order valence-electron chi connectivity index (χ2n) is 7.94. The number of halogens is 1. The van der Waals surface area contributed by atoms with Crippen molar-refractivity contribution in [2.75, 3.05) is 39.8 Å². The van der Waals surface area contributed by atoms with Crippen molar-refractivity contribution in [3.05, 3.63) is 22.4 Å². The second-order valence-corrected chi connectivity index (χ2v) is 8.86. The van der Waals surface area contributed by atoms with Gasteiger partial charge in [0.05, 0.1) is 18.0 Å². The Morgan fingerprint density at radius 1 is 1.48 bits per heavy atom. The first-order chi connectivity index (χ1) is 14.9. The van der Waals surface area contributed by atoms with Gasteiger partial charge in [-0.25, -0.2) is 4.79 Å². The second kappa shape index (κ2) is 8.90. The molecule has 0 bridgehead atoms. The first-order valence-electron chi connectivity index (χ1n) is 10.2. The summed E-state index contributed by atoms with van der Waals surface area (Å²) in [5.74, 6) is 0. The first kappa shape index (κ1) is 21.7. The van der Waals surface area contributed by atoms with E-state index in [-0.39, 0.29) is 31.6 Å². The highest BCUT2D eigenvalue weighted by molar-refractivity contribution is 9.10. The molecule has 1 unspecified atom stereocenters. The van der Waals surface area contributed by atoms with Gasteiger partial charge in [0.15, 0.2) is 0 Å². The van der Waals surface area contributed by atoms with Crippen LogP contribution in [0.2, 0.25) is 0 Å². The number of amides is 1. The van der Waals surface area contributed by atoms with Gasteiger partial charge in [-0.3, -0.25) is 9.88 Å². The van der Waals surface area contributed by atoms with E-state index in [4.69, 9.17) is 4.74 Å². The smallest absolute Gasteiger partial charge is 0.408 e. The van der Waals surface area contributed by atoms with Crippen molar-refractivity contribution >= 4 is 33.1 Å². The maximum atomic E-state index is 12.1. The largest absolute Gasteiger partial charge is 0.465 e. The lowest BCUT2D eigenvalue weighted by atomic mass is 9.86. The number of hydrogen-bond donors (Lipinski definition) is 2. The van der Waals surface area contributed by atoms with Gasteiger partial charge in [-0.2, -0.15) is 15.2 Å².